The van der Waals surface area contributed by atoms with Gasteiger partial charge < -0.3 is 19.8 Å². The number of hydrogen-bond acceptors (Lipinski definition) is 5. The first-order valence-electron chi connectivity index (χ1n) is 5.82. The van der Waals surface area contributed by atoms with Crippen LogP contribution in [0, 0.1) is 5.92 Å². The van der Waals surface area contributed by atoms with Gasteiger partial charge in [-0.15, -0.1) is 0 Å². The van der Waals surface area contributed by atoms with Crippen LogP contribution in [0.5, 0.6) is 0 Å². The molecule has 9 nitrogen and oxygen atoms in total. The summed E-state index contributed by atoms with van der Waals surface area (Å²) in [5.41, 5.74) is 0. The zero-order chi connectivity index (χ0) is 19.9. The lowest BCUT2D eigenvalue weighted by atomic mass is 10.1. The van der Waals surface area contributed by atoms with Crippen molar-refractivity contribution in [2.45, 2.75) is 13.6 Å². The molecule has 3 N–H and O–H groups in total. The third-order valence-corrected chi connectivity index (χ3v) is 2.96. The van der Waals surface area contributed by atoms with Crippen LogP contribution in [0.1, 0.15) is 6.92 Å². The molecule has 1 amide bonds. The van der Waals surface area contributed by atoms with Crippen molar-refractivity contribution in [2.75, 3.05) is 25.9 Å². The first-order valence-corrected chi connectivity index (χ1v) is 7.62. The van der Waals surface area contributed by atoms with E-state index >= 15 is 0 Å². The van der Waals surface area contributed by atoms with E-state index < -0.39 is 51.5 Å². The minimum absolute atomic E-state index is 0.250. The number of carbonyl (C=O) groups excluding carboxylic acids is 3. The molecule has 0 spiro atoms. The molecular weight excluding hydrogens is 369 g/mol. The molecule has 0 heterocycles. The number of nitrogens with zero attached hydrogens (tertiary/aromatic N) is 1. The van der Waals surface area contributed by atoms with Crippen LogP contribution in [0.4, 0.5) is 17.6 Å². The lowest BCUT2D eigenvalue weighted by molar-refractivity contribution is -0.191. The summed E-state index contributed by atoms with van der Waals surface area (Å²) in [5, 5.41) is 8.76. The van der Waals surface area contributed by atoms with Crippen LogP contribution in [0.15, 0.2) is 0 Å². The van der Waals surface area contributed by atoms with Crippen molar-refractivity contribution in [2.24, 2.45) is 5.92 Å². The first kappa shape index (κ1) is 27.1. The maximum atomic E-state index is 12.1. The third-order valence-electron chi connectivity index (χ3n) is 2.05. The van der Waals surface area contributed by atoms with E-state index in [9.17, 15) is 31.7 Å². The standard InChI is InChI=1S/C8H15FNO6P.CHF3.CO2/c1-6(11)10(3-2-9)4-7(8(12)13)5-17(14,15)16;2-1(3)4;2-1-3/h7H,2-5H2,1H3,(H,12,13)(H2,14,15,16);1H;. The predicted molar refractivity (Wildman–Crippen MR) is 68.4 cm³/mol. The SMILES string of the molecule is CC(=O)N(CCF)CC(CP(=O)(O)O)C(=O)O.FC(F)F.O=C=O. The molecule has 142 valence electrons. The number of carboxylic acids is 1. The molecule has 1 unspecified atom stereocenters. The van der Waals surface area contributed by atoms with Crippen LogP contribution < -0.4 is 0 Å². The second kappa shape index (κ2) is 14.8. The Kier molecular flexibility index (Phi) is 16.6. The van der Waals surface area contributed by atoms with Crippen LogP contribution >= 0.6 is 7.60 Å². The highest BCUT2D eigenvalue weighted by Gasteiger charge is 2.29. The Morgan fingerprint density at radius 2 is 1.58 bits per heavy atom. The number of amides is 1. The molecule has 0 aromatic rings. The molecule has 24 heavy (non-hydrogen) atoms. The topological polar surface area (TPSA) is 149 Å². The van der Waals surface area contributed by atoms with Gasteiger partial charge in [0.25, 0.3) is 0 Å². The van der Waals surface area contributed by atoms with Crippen molar-refractivity contribution < 1.29 is 56.2 Å². The average molecular weight is 385 g/mol. The van der Waals surface area contributed by atoms with E-state index in [2.05, 4.69) is 0 Å². The van der Waals surface area contributed by atoms with Gasteiger partial charge in [0.2, 0.25) is 5.91 Å². The summed E-state index contributed by atoms with van der Waals surface area (Å²) in [7, 11) is -4.49. The Labute approximate surface area is 133 Å². The number of alkyl halides is 4. The van der Waals surface area contributed by atoms with Gasteiger partial charge >= 0.3 is 26.4 Å². The third kappa shape index (κ3) is 22.5. The summed E-state index contributed by atoms with van der Waals surface area (Å²) in [6.07, 6.45) is -0.627. The maximum Gasteiger partial charge on any atom is 0.379 e. The molecule has 1 atom stereocenters. The second-order valence-corrected chi connectivity index (χ2v) is 5.56. The van der Waals surface area contributed by atoms with Crippen molar-refractivity contribution >= 4 is 25.6 Å². The highest BCUT2D eigenvalue weighted by Crippen LogP contribution is 2.37. The smallest absolute Gasteiger partial charge is 0.379 e. The van der Waals surface area contributed by atoms with E-state index in [1.165, 1.54) is 0 Å². The first-order chi connectivity index (χ1) is 10.8. The fourth-order valence-electron chi connectivity index (χ4n) is 1.25. The van der Waals surface area contributed by atoms with Crippen LogP contribution in [0.2, 0.25) is 0 Å². The molecule has 0 saturated heterocycles. The molecule has 0 aliphatic heterocycles. The Morgan fingerprint density at radius 1 is 1.21 bits per heavy atom. The van der Waals surface area contributed by atoms with Gasteiger partial charge in [0.05, 0.1) is 12.1 Å². The molecule has 14 heteroatoms. The van der Waals surface area contributed by atoms with E-state index in [1.54, 1.807) is 0 Å². The van der Waals surface area contributed by atoms with Crippen molar-refractivity contribution in [1.82, 2.24) is 4.90 Å². The maximum absolute atomic E-state index is 12.1. The predicted octanol–water partition coefficient (Wildman–Crippen LogP) is 0.278. The quantitative estimate of drug-likeness (QED) is 0.418. The lowest BCUT2D eigenvalue weighted by Crippen LogP contribution is -2.39. The monoisotopic (exact) mass is 385 g/mol. The van der Waals surface area contributed by atoms with Gasteiger partial charge in [-0.25, -0.2) is 4.39 Å². The summed E-state index contributed by atoms with van der Waals surface area (Å²) < 4.78 is 51.8. The van der Waals surface area contributed by atoms with Gasteiger partial charge in [-0.05, 0) is 0 Å². The van der Waals surface area contributed by atoms with Crippen LogP contribution in [0.3, 0.4) is 0 Å². The molecule has 0 rings (SSSR count). The number of aliphatic carboxylic acids is 1. The lowest BCUT2D eigenvalue weighted by Gasteiger charge is -2.23. The number of hydrogen-bond donors (Lipinski definition) is 3. The molecule has 0 aromatic carbocycles. The van der Waals surface area contributed by atoms with Crippen molar-refractivity contribution in [3.8, 4) is 0 Å². The van der Waals surface area contributed by atoms with Crippen LogP contribution in [0.25, 0.3) is 0 Å². The summed E-state index contributed by atoms with van der Waals surface area (Å²) in [4.78, 5) is 56.3. The zero-order valence-corrected chi connectivity index (χ0v) is 13.2. The highest BCUT2D eigenvalue weighted by atomic mass is 31.2. The van der Waals surface area contributed by atoms with Gasteiger partial charge in [-0.1, -0.05) is 0 Å². The molecule has 0 aromatic heterocycles. The van der Waals surface area contributed by atoms with Crippen LogP contribution in [-0.4, -0.2) is 70.4 Å². The van der Waals surface area contributed by atoms with E-state index in [0.717, 1.165) is 11.8 Å². The zero-order valence-electron chi connectivity index (χ0n) is 12.3. The Morgan fingerprint density at radius 3 is 1.79 bits per heavy atom. The summed E-state index contributed by atoms with van der Waals surface area (Å²) in [6, 6.07) is 0. The number of carboxylic acid groups (broad SMARTS) is 1. The van der Waals surface area contributed by atoms with Gasteiger partial charge in [0.1, 0.15) is 6.67 Å². The van der Waals surface area contributed by atoms with Crippen LogP contribution in [-0.2, 0) is 23.7 Å². The average Bonchev–Trinajstić information content (AvgIpc) is 2.35. The normalized spacial score (nSPS) is 11.2. The van der Waals surface area contributed by atoms with Crippen molar-refractivity contribution in [3.05, 3.63) is 0 Å². The summed E-state index contributed by atoms with van der Waals surface area (Å²) in [5.74, 6) is -3.38. The molecule has 0 saturated carbocycles. The molecule has 0 aliphatic rings. The summed E-state index contributed by atoms with van der Waals surface area (Å²) in [6.45, 7) is -4.09. The minimum Gasteiger partial charge on any atom is -0.481 e. The fourth-order valence-corrected chi connectivity index (χ4v) is 2.09. The van der Waals surface area contributed by atoms with E-state index in [0.29, 0.717) is 0 Å². The van der Waals surface area contributed by atoms with Crippen molar-refractivity contribution in [3.63, 3.8) is 0 Å². The largest absolute Gasteiger partial charge is 0.481 e. The molecule has 0 bridgehead atoms. The molecule has 0 fully saturated rings. The van der Waals surface area contributed by atoms with Gasteiger partial charge in [-0.2, -0.15) is 22.8 Å². The number of halogens is 4. The highest BCUT2D eigenvalue weighted by molar-refractivity contribution is 7.51. The molecule has 0 aliphatic carbocycles. The Bertz CT molecular complexity index is 449. The Hall–Kier alpha value is -1.81. The van der Waals surface area contributed by atoms with E-state index in [-0.39, 0.29) is 12.7 Å². The minimum atomic E-state index is -4.49. The molecular formula is C10H16F4NO8P. The molecule has 0 radical (unpaired) electrons. The van der Waals surface area contributed by atoms with Gasteiger partial charge in [0.15, 0.2) is 0 Å². The summed E-state index contributed by atoms with van der Waals surface area (Å²) >= 11 is 0. The Balaban J connectivity index is -0.000000531. The second-order valence-electron chi connectivity index (χ2n) is 3.87. The van der Waals surface area contributed by atoms with E-state index in [1.807, 2.05) is 0 Å². The van der Waals surface area contributed by atoms with Crippen molar-refractivity contribution in [1.29, 1.82) is 0 Å². The van der Waals surface area contributed by atoms with Gasteiger partial charge in [0, 0.05) is 20.0 Å². The fraction of sp³-hybridized carbons (Fsp3) is 0.700. The van der Waals surface area contributed by atoms with Gasteiger partial charge in [-0.3, -0.25) is 14.2 Å². The number of rotatable bonds is 7. The number of carbonyl (C=O) groups is 2. The van der Waals surface area contributed by atoms with E-state index in [4.69, 9.17) is 24.5 Å².